The summed E-state index contributed by atoms with van der Waals surface area (Å²) in [6.07, 6.45) is 1.76. The van der Waals surface area contributed by atoms with Gasteiger partial charge in [-0.05, 0) is 47.2 Å². The Morgan fingerprint density at radius 3 is 2.91 bits per heavy atom. The number of nitriles is 1. The largest absolute Gasteiger partial charge is 0.497 e. The van der Waals surface area contributed by atoms with Crippen molar-refractivity contribution >= 4 is 45.5 Å². The minimum absolute atomic E-state index is 0.376. The van der Waals surface area contributed by atoms with Gasteiger partial charge >= 0.3 is 0 Å². The van der Waals surface area contributed by atoms with E-state index >= 15 is 0 Å². The third kappa shape index (κ3) is 2.82. The van der Waals surface area contributed by atoms with Crippen molar-refractivity contribution in [1.29, 1.82) is 5.26 Å². The summed E-state index contributed by atoms with van der Waals surface area (Å²) in [7, 11) is 1.62. The highest BCUT2D eigenvalue weighted by Gasteiger charge is 2.07. The molecule has 0 saturated carbocycles. The molecule has 0 aliphatic heterocycles. The highest BCUT2D eigenvalue weighted by molar-refractivity contribution is 7.08. The van der Waals surface area contributed by atoms with E-state index in [1.54, 1.807) is 24.5 Å². The fourth-order valence-corrected chi connectivity index (χ4v) is 2.99. The van der Waals surface area contributed by atoms with Crippen LogP contribution < -0.4 is 4.74 Å². The zero-order valence-electron chi connectivity index (χ0n) is 11.7. The molecule has 5 heteroatoms. The van der Waals surface area contributed by atoms with Gasteiger partial charge in [0.25, 0.3) is 0 Å². The lowest BCUT2D eigenvalue weighted by Crippen LogP contribution is -1.88. The van der Waals surface area contributed by atoms with Crippen LogP contribution in [0.5, 0.6) is 5.75 Å². The fourth-order valence-electron chi connectivity index (χ4n) is 2.13. The van der Waals surface area contributed by atoms with Crippen molar-refractivity contribution < 1.29 is 4.74 Å². The maximum atomic E-state index is 9.35. The highest BCUT2D eigenvalue weighted by Crippen LogP contribution is 2.28. The quantitative estimate of drug-likeness (QED) is 0.501. The Hall–Kier alpha value is -2.35. The Balaban J connectivity index is 2.14. The van der Waals surface area contributed by atoms with E-state index < -0.39 is 0 Å². The molecule has 0 aliphatic rings. The summed E-state index contributed by atoms with van der Waals surface area (Å²) in [6, 6.07) is 11.6. The van der Waals surface area contributed by atoms with Gasteiger partial charge in [0.2, 0.25) is 0 Å². The van der Waals surface area contributed by atoms with Gasteiger partial charge in [-0.3, -0.25) is 0 Å². The summed E-state index contributed by atoms with van der Waals surface area (Å²) in [4.78, 5) is 4.38. The molecule has 0 atom stereocenters. The van der Waals surface area contributed by atoms with Crippen molar-refractivity contribution in [2.75, 3.05) is 7.11 Å². The van der Waals surface area contributed by atoms with Crippen LogP contribution >= 0.6 is 22.9 Å². The van der Waals surface area contributed by atoms with Crippen LogP contribution in [0.1, 0.15) is 11.1 Å². The molecule has 1 aromatic carbocycles. The standard InChI is InChI=1S/C17H11ClN2OS/c1-21-15-2-3-16-12(8-15)6-13(17(18)20-16)7-14(9-19)11-4-5-22-10-11/h2-8,10H,1H3/b14-7+. The number of fused-ring (bicyclic) bond motifs is 1. The molecule has 0 amide bonds. The maximum Gasteiger partial charge on any atom is 0.137 e. The molecule has 0 N–H and O–H groups in total. The molecule has 0 spiro atoms. The molecule has 0 saturated heterocycles. The number of nitrogens with zero attached hydrogens (tertiary/aromatic N) is 2. The third-order valence-electron chi connectivity index (χ3n) is 3.25. The number of halogens is 1. The van der Waals surface area contributed by atoms with Crippen LogP contribution in [0.15, 0.2) is 41.1 Å². The van der Waals surface area contributed by atoms with Gasteiger partial charge < -0.3 is 4.74 Å². The molecule has 3 rings (SSSR count). The molecular formula is C17H11ClN2OS. The Bertz CT molecular complexity index is 895. The van der Waals surface area contributed by atoms with Crippen molar-refractivity contribution in [3.8, 4) is 11.8 Å². The Morgan fingerprint density at radius 2 is 2.23 bits per heavy atom. The van der Waals surface area contributed by atoms with E-state index in [1.165, 1.54) is 0 Å². The number of methoxy groups -OCH3 is 1. The number of benzene rings is 1. The van der Waals surface area contributed by atoms with Crippen molar-refractivity contribution in [2.24, 2.45) is 0 Å². The molecule has 0 fully saturated rings. The van der Waals surface area contributed by atoms with Crippen LogP contribution in [-0.2, 0) is 0 Å². The molecule has 0 bridgehead atoms. The molecule has 3 aromatic rings. The number of thiophene rings is 1. The van der Waals surface area contributed by atoms with E-state index in [-0.39, 0.29) is 0 Å². The van der Waals surface area contributed by atoms with Gasteiger partial charge in [-0.2, -0.15) is 16.6 Å². The van der Waals surface area contributed by atoms with Crippen molar-refractivity contribution in [1.82, 2.24) is 4.98 Å². The molecular weight excluding hydrogens is 316 g/mol. The van der Waals surface area contributed by atoms with Crippen molar-refractivity contribution in [3.63, 3.8) is 0 Å². The fraction of sp³-hybridized carbons (Fsp3) is 0.0588. The van der Waals surface area contributed by atoms with E-state index in [0.29, 0.717) is 16.3 Å². The normalized spacial score (nSPS) is 11.4. The Kier molecular flexibility index (Phi) is 4.10. The van der Waals surface area contributed by atoms with Gasteiger partial charge in [-0.1, -0.05) is 11.6 Å². The minimum Gasteiger partial charge on any atom is -0.497 e. The number of allylic oxidation sites excluding steroid dienone is 1. The molecule has 2 aromatic heterocycles. The lowest BCUT2D eigenvalue weighted by Gasteiger charge is -2.05. The van der Waals surface area contributed by atoms with Crippen LogP contribution in [0.4, 0.5) is 0 Å². The number of aromatic nitrogens is 1. The summed E-state index contributed by atoms with van der Waals surface area (Å²) in [5.74, 6) is 0.755. The molecule has 0 radical (unpaired) electrons. The summed E-state index contributed by atoms with van der Waals surface area (Å²) in [5.41, 5.74) is 2.95. The number of rotatable bonds is 3. The van der Waals surface area contributed by atoms with Crippen molar-refractivity contribution in [2.45, 2.75) is 0 Å². The van der Waals surface area contributed by atoms with E-state index in [4.69, 9.17) is 16.3 Å². The topological polar surface area (TPSA) is 45.9 Å². The smallest absolute Gasteiger partial charge is 0.137 e. The first-order valence-corrected chi connectivity index (χ1v) is 7.82. The Morgan fingerprint density at radius 1 is 1.36 bits per heavy atom. The van der Waals surface area contributed by atoms with Crippen molar-refractivity contribution in [3.05, 3.63) is 57.4 Å². The molecule has 22 heavy (non-hydrogen) atoms. The average Bonchev–Trinajstić information content (AvgIpc) is 3.06. The minimum atomic E-state index is 0.376. The number of hydrogen-bond donors (Lipinski definition) is 0. The zero-order chi connectivity index (χ0) is 15.5. The first-order valence-electron chi connectivity index (χ1n) is 6.50. The molecule has 108 valence electrons. The second-order valence-corrected chi connectivity index (χ2v) is 5.75. The monoisotopic (exact) mass is 326 g/mol. The van der Waals surface area contributed by atoms with Crippen LogP contribution in [0.3, 0.4) is 0 Å². The predicted octanol–water partition coefficient (Wildman–Crippen LogP) is 5.02. The lowest BCUT2D eigenvalue weighted by molar-refractivity contribution is 0.415. The summed E-state index contributed by atoms with van der Waals surface area (Å²) in [6.45, 7) is 0. The van der Waals surface area contributed by atoms with Crippen LogP contribution in [0, 0.1) is 11.3 Å². The zero-order valence-corrected chi connectivity index (χ0v) is 13.3. The predicted molar refractivity (Wildman–Crippen MR) is 91.1 cm³/mol. The van der Waals surface area contributed by atoms with E-state index in [0.717, 1.165) is 22.2 Å². The number of ether oxygens (including phenoxy) is 1. The van der Waals surface area contributed by atoms with Gasteiger partial charge in [0.15, 0.2) is 0 Å². The molecule has 0 aliphatic carbocycles. The average molecular weight is 327 g/mol. The second-order valence-electron chi connectivity index (χ2n) is 4.61. The molecule has 0 unspecified atom stereocenters. The summed E-state index contributed by atoms with van der Waals surface area (Å²) in [5, 5.41) is 14.5. The van der Waals surface area contributed by atoms with E-state index in [1.807, 2.05) is 41.1 Å². The molecule has 3 nitrogen and oxygen atoms in total. The second kappa shape index (κ2) is 6.18. The third-order valence-corrected chi connectivity index (χ3v) is 4.24. The van der Waals surface area contributed by atoms with Gasteiger partial charge in [0.05, 0.1) is 24.3 Å². The SMILES string of the molecule is COc1ccc2nc(Cl)c(/C=C(\C#N)c3ccsc3)cc2c1. The summed E-state index contributed by atoms with van der Waals surface area (Å²) >= 11 is 7.79. The maximum absolute atomic E-state index is 9.35. The molecule has 2 heterocycles. The van der Waals surface area contributed by atoms with E-state index in [9.17, 15) is 5.26 Å². The lowest BCUT2D eigenvalue weighted by atomic mass is 10.1. The van der Waals surface area contributed by atoms with Gasteiger partial charge in [0, 0.05) is 16.5 Å². The van der Waals surface area contributed by atoms with Crippen LogP contribution in [0.25, 0.3) is 22.6 Å². The van der Waals surface area contributed by atoms with Gasteiger partial charge in [-0.25, -0.2) is 4.98 Å². The van der Waals surface area contributed by atoms with E-state index in [2.05, 4.69) is 11.1 Å². The Labute approximate surface area is 137 Å². The van der Waals surface area contributed by atoms with Crippen LogP contribution in [-0.4, -0.2) is 12.1 Å². The highest BCUT2D eigenvalue weighted by atomic mass is 35.5. The van der Waals surface area contributed by atoms with Crippen LogP contribution in [0.2, 0.25) is 5.15 Å². The first-order chi connectivity index (χ1) is 10.7. The summed E-state index contributed by atoms with van der Waals surface area (Å²) < 4.78 is 5.23. The first kappa shape index (κ1) is 14.6. The van der Waals surface area contributed by atoms with Gasteiger partial charge in [-0.15, -0.1) is 0 Å². The number of hydrogen-bond acceptors (Lipinski definition) is 4. The number of pyridine rings is 1. The van der Waals surface area contributed by atoms with Gasteiger partial charge in [0.1, 0.15) is 10.9 Å².